The molecule has 0 radical (unpaired) electrons. The lowest BCUT2D eigenvalue weighted by Gasteiger charge is -2.32. The molecule has 0 aromatic heterocycles. The van der Waals surface area contributed by atoms with E-state index in [-0.39, 0.29) is 6.42 Å². The summed E-state index contributed by atoms with van der Waals surface area (Å²) < 4.78 is 39.1. The molecule has 2 aliphatic rings. The number of hydrogen-bond donors (Lipinski definition) is 1. The van der Waals surface area contributed by atoms with Crippen molar-refractivity contribution in [2.24, 2.45) is 23.7 Å². The first-order chi connectivity index (χ1) is 9.93. The van der Waals surface area contributed by atoms with Crippen LogP contribution in [0.2, 0.25) is 0 Å². The van der Waals surface area contributed by atoms with Crippen molar-refractivity contribution in [3.8, 4) is 0 Å². The normalized spacial score (nSPS) is 33.9. The number of alkyl halides is 4. The standard InChI is InChI=1S/C15H23BrF3NO/c16-8-10-4-3-5-11(10)9-20-14(21)12-6-1-2-7-13(12)15(17,18)19/h10-13H,1-9H2,(H,20,21). The quantitative estimate of drug-likeness (QED) is 0.736. The molecule has 2 rings (SSSR count). The number of halogens is 4. The van der Waals surface area contributed by atoms with Crippen molar-refractivity contribution < 1.29 is 18.0 Å². The van der Waals surface area contributed by atoms with Crippen LogP contribution in [0.5, 0.6) is 0 Å². The van der Waals surface area contributed by atoms with E-state index in [0.29, 0.717) is 31.2 Å². The van der Waals surface area contributed by atoms with Gasteiger partial charge >= 0.3 is 6.18 Å². The number of carbonyl (C=O) groups excluding carboxylic acids is 1. The maximum Gasteiger partial charge on any atom is 0.392 e. The van der Waals surface area contributed by atoms with Crippen LogP contribution >= 0.6 is 15.9 Å². The zero-order chi connectivity index (χ0) is 15.5. The summed E-state index contributed by atoms with van der Waals surface area (Å²) in [6.07, 6.45) is 0.835. The molecule has 6 heteroatoms. The highest BCUT2D eigenvalue weighted by atomic mass is 79.9. The van der Waals surface area contributed by atoms with E-state index in [9.17, 15) is 18.0 Å². The molecule has 21 heavy (non-hydrogen) atoms. The van der Waals surface area contributed by atoms with E-state index in [0.717, 1.165) is 31.0 Å². The number of amides is 1. The molecule has 0 bridgehead atoms. The first kappa shape index (κ1) is 17.1. The number of rotatable bonds is 4. The van der Waals surface area contributed by atoms with Gasteiger partial charge in [0.25, 0.3) is 0 Å². The molecule has 1 amide bonds. The zero-order valence-corrected chi connectivity index (χ0v) is 13.7. The van der Waals surface area contributed by atoms with Crippen LogP contribution in [0.15, 0.2) is 0 Å². The fourth-order valence-electron chi connectivity index (χ4n) is 3.78. The van der Waals surface area contributed by atoms with Gasteiger partial charge in [-0.15, -0.1) is 0 Å². The summed E-state index contributed by atoms with van der Waals surface area (Å²) in [5.41, 5.74) is 0. The summed E-state index contributed by atoms with van der Waals surface area (Å²) in [6.45, 7) is 0.524. The predicted molar refractivity (Wildman–Crippen MR) is 79.1 cm³/mol. The monoisotopic (exact) mass is 369 g/mol. The second kappa shape index (κ2) is 7.34. The van der Waals surface area contributed by atoms with Crippen LogP contribution in [0.4, 0.5) is 13.2 Å². The van der Waals surface area contributed by atoms with Gasteiger partial charge in [-0.05, 0) is 37.5 Å². The summed E-state index contributed by atoms with van der Waals surface area (Å²) in [7, 11) is 0. The highest BCUT2D eigenvalue weighted by Gasteiger charge is 2.48. The van der Waals surface area contributed by atoms with Crippen LogP contribution in [0.25, 0.3) is 0 Å². The molecule has 0 aliphatic heterocycles. The van der Waals surface area contributed by atoms with Crippen molar-refractivity contribution in [1.82, 2.24) is 5.32 Å². The third kappa shape index (κ3) is 4.36. The Morgan fingerprint density at radius 1 is 1.05 bits per heavy atom. The summed E-state index contributed by atoms with van der Waals surface area (Å²) in [5.74, 6) is -1.79. The minimum Gasteiger partial charge on any atom is -0.356 e. The first-order valence-corrected chi connectivity index (χ1v) is 8.96. The average molecular weight is 370 g/mol. The Kier molecular flexibility index (Phi) is 5.97. The lowest BCUT2D eigenvalue weighted by atomic mass is 9.78. The van der Waals surface area contributed by atoms with E-state index >= 15 is 0 Å². The van der Waals surface area contributed by atoms with Crippen molar-refractivity contribution in [1.29, 1.82) is 0 Å². The minimum absolute atomic E-state index is 0.0923. The molecule has 2 fully saturated rings. The minimum atomic E-state index is -4.26. The van der Waals surface area contributed by atoms with E-state index < -0.39 is 23.9 Å². The maximum absolute atomic E-state index is 13.0. The van der Waals surface area contributed by atoms with Gasteiger partial charge in [-0.25, -0.2) is 0 Å². The SMILES string of the molecule is O=C(NCC1CCCC1CBr)C1CCCCC1C(F)(F)F. The molecule has 0 aromatic rings. The number of hydrogen-bond acceptors (Lipinski definition) is 1. The van der Waals surface area contributed by atoms with Gasteiger partial charge in [0.15, 0.2) is 0 Å². The maximum atomic E-state index is 13.0. The van der Waals surface area contributed by atoms with Gasteiger partial charge in [-0.3, -0.25) is 4.79 Å². The molecule has 2 nitrogen and oxygen atoms in total. The van der Waals surface area contributed by atoms with E-state index in [2.05, 4.69) is 21.2 Å². The van der Waals surface area contributed by atoms with Gasteiger partial charge in [0.05, 0.1) is 5.92 Å². The first-order valence-electron chi connectivity index (χ1n) is 7.84. The van der Waals surface area contributed by atoms with Gasteiger partial charge < -0.3 is 5.32 Å². The van der Waals surface area contributed by atoms with E-state index in [1.54, 1.807) is 0 Å². The summed E-state index contributed by atoms with van der Waals surface area (Å²) >= 11 is 3.47. The highest BCUT2D eigenvalue weighted by Crippen LogP contribution is 2.41. The van der Waals surface area contributed by atoms with E-state index in [4.69, 9.17) is 0 Å². The van der Waals surface area contributed by atoms with Crippen LogP contribution in [0, 0.1) is 23.7 Å². The van der Waals surface area contributed by atoms with E-state index in [1.165, 1.54) is 0 Å². The Morgan fingerprint density at radius 3 is 2.38 bits per heavy atom. The zero-order valence-electron chi connectivity index (χ0n) is 12.1. The van der Waals surface area contributed by atoms with Gasteiger partial charge in [-0.2, -0.15) is 13.2 Å². The van der Waals surface area contributed by atoms with Crippen LogP contribution in [0.1, 0.15) is 44.9 Å². The summed E-state index contributed by atoms with van der Waals surface area (Å²) in [5, 5.41) is 3.71. The molecular weight excluding hydrogens is 347 g/mol. The lowest BCUT2D eigenvalue weighted by molar-refractivity contribution is -0.198. The Balaban J connectivity index is 1.89. The van der Waals surface area contributed by atoms with Gasteiger partial charge in [0.2, 0.25) is 5.91 Å². The van der Waals surface area contributed by atoms with Crippen molar-refractivity contribution in [3.05, 3.63) is 0 Å². The van der Waals surface area contributed by atoms with Crippen molar-refractivity contribution in [3.63, 3.8) is 0 Å². The molecule has 122 valence electrons. The Bertz CT molecular complexity index is 361. The van der Waals surface area contributed by atoms with E-state index in [1.807, 2.05) is 0 Å². The molecule has 0 aromatic carbocycles. The molecule has 0 saturated heterocycles. The fraction of sp³-hybridized carbons (Fsp3) is 0.933. The Hall–Kier alpha value is -0.260. The molecule has 4 atom stereocenters. The molecule has 0 spiro atoms. The smallest absolute Gasteiger partial charge is 0.356 e. The Labute approximate surface area is 132 Å². The molecule has 4 unspecified atom stereocenters. The van der Waals surface area contributed by atoms with Gasteiger partial charge in [-0.1, -0.05) is 35.2 Å². The van der Waals surface area contributed by atoms with Crippen molar-refractivity contribution in [2.75, 3.05) is 11.9 Å². The van der Waals surface area contributed by atoms with Crippen LogP contribution in [0.3, 0.4) is 0 Å². The van der Waals surface area contributed by atoms with Gasteiger partial charge in [0, 0.05) is 17.8 Å². The van der Waals surface area contributed by atoms with Crippen molar-refractivity contribution in [2.45, 2.75) is 51.1 Å². The Morgan fingerprint density at radius 2 is 1.71 bits per heavy atom. The molecular formula is C15H23BrF3NO. The summed E-state index contributed by atoms with van der Waals surface area (Å²) in [4.78, 5) is 12.2. The van der Waals surface area contributed by atoms with Crippen LogP contribution < -0.4 is 5.32 Å². The second-order valence-corrected chi connectivity index (χ2v) is 7.04. The third-order valence-electron chi connectivity index (χ3n) is 5.08. The number of carbonyl (C=O) groups is 1. The largest absolute Gasteiger partial charge is 0.392 e. The summed E-state index contributed by atoms with van der Waals surface area (Å²) in [6, 6.07) is 0. The lowest BCUT2D eigenvalue weighted by Crippen LogP contribution is -2.44. The molecule has 1 N–H and O–H groups in total. The second-order valence-electron chi connectivity index (χ2n) is 6.39. The average Bonchev–Trinajstić information content (AvgIpc) is 2.91. The topological polar surface area (TPSA) is 29.1 Å². The number of nitrogens with one attached hydrogen (secondary N) is 1. The predicted octanol–water partition coefficient (Wildman–Crippen LogP) is 4.28. The van der Waals surface area contributed by atoms with Crippen LogP contribution in [-0.4, -0.2) is 24.0 Å². The third-order valence-corrected chi connectivity index (χ3v) is 5.91. The van der Waals surface area contributed by atoms with Crippen LogP contribution in [-0.2, 0) is 4.79 Å². The van der Waals surface area contributed by atoms with Crippen molar-refractivity contribution >= 4 is 21.8 Å². The molecule has 2 aliphatic carbocycles. The fourth-order valence-corrected chi connectivity index (χ4v) is 4.64. The van der Waals surface area contributed by atoms with Gasteiger partial charge in [0.1, 0.15) is 0 Å². The molecule has 2 saturated carbocycles. The highest BCUT2D eigenvalue weighted by molar-refractivity contribution is 9.09. The molecule has 0 heterocycles.